The Morgan fingerprint density at radius 3 is 2.33 bits per heavy atom. The lowest BCUT2D eigenvalue weighted by molar-refractivity contribution is -0.121. The molecule has 0 aliphatic heterocycles. The van der Waals surface area contributed by atoms with Crippen LogP contribution in [0.2, 0.25) is 0 Å². The number of ketones is 1. The van der Waals surface area contributed by atoms with Gasteiger partial charge >= 0.3 is 0 Å². The third kappa shape index (κ3) is 1.84. The monoisotopic (exact) mass is 239 g/mol. The number of Topliss-reactive ketones (excluding diaryl/α,β-unsaturated/α-hetero) is 1. The summed E-state index contributed by atoms with van der Waals surface area (Å²) in [7, 11) is 0. The zero-order valence-corrected chi connectivity index (χ0v) is 10.4. The lowest BCUT2D eigenvalue weighted by Gasteiger charge is -2.07. The van der Waals surface area contributed by atoms with Crippen molar-refractivity contribution in [3.63, 3.8) is 0 Å². The maximum atomic E-state index is 12.5. The molecule has 3 atom stereocenters. The molecule has 0 amide bonds. The number of hydrogen-bond acceptors (Lipinski definition) is 2. The molecule has 0 heterocycles. The van der Waals surface area contributed by atoms with Gasteiger partial charge in [-0.05, 0) is 30.2 Å². The average Bonchev–Trinajstić information content (AvgIpc) is 3.15. The predicted molar refractivity (Wildman–Crippen MR) is 68.7 cm³/mol. The third-order valence-corrected chi connectivity index (χ3v) is 4.53. The summed E-state index contributed by atoms with van der Waals surface area (Å²) in [5.41, 5.74) is 0.855. The first-order chi connectivity index (χ1) is 8.83. The largest absolute Gasteiger partial charge is 0.298 e. The molecule has 0 aromatic heterocycles. The number of fused-ring (bicyclic) bond motifs is 1. The van der Waals surface area contributed by atoms with Gasteiger partial charge in [0.25, 0.3) is 0 Å². The van der Waals surface area contributed by atoms with E-state index in [2.05, 4.69) is 6.07 Å². The van der Waals surface area contributed by atoms with Crippen LogP contribution in [0.25, 0.3) is 0 Å². The maximum absolute atomic E-state index is 12.5. The lowest BCUT2D eigenvalue weighted by atomic mass is 9.92. The summed E-state index contributed by atoms with van der Waals surface area (Å²) >= 11 is 0. The Morgan fingerprint density at radius 2 is 1.78 bits per heavy atom. The van der Waals surface area contributed by atoms with Gasteiger partial charge in [-0.2, -0.15) is 5.26 Å². The lowest BCUT2D eigenvalue weighted by Crippen LogP contribution is -2.14. The van der Waals surface area contributed by atoms with Gasteiger partial charge in [0, 0.05) is 5.92 Å². The van der Waals surface area contributed by atoms with Crippen molar-refractivity contribution in [1.82, 2.24) is 0 Å². The Hall–Kier alpha value is -1.62. The van der Waals surface area contributed by atoms with Crippen molar-refractivity contribution >= 4 is 5.78 Å². The van der Waals surface area contributed by atoms with Gasteiger partial charge in [-0.25, -0.2) is 0 Å². The first-order valence-corrected chi connectivity index (χ1v) is 6.81. The number of hydrogen-bond donors (Lipinski definition) is 0. The first-order valence-electron chi connectivity index (χ1n) is 6.81. The fraction of sp³-hybridized carbons (Fsp3) is 0.500. The van der Waals surface area contributed by atoms with Crippen LogP contribution in [-0.4, -0.2) is 5.78 Å². The highest BCUT2D eigenvalue weighted by Gasteiger charge is 2.55. The van der Waals surface area contributed by atoms with E-state index in [-0.39, 0.29) is 11.7 Å². The molecule has 3 unspecified atom stereocenters. The van der Waals surface area contributed by atoms with Gasteiger partial charge < -0.3 is 0 Å². The summed E-state index contributed by atoms with van der Waals surface area (Å²) < 4.78 is 0. The van der Waals surface area contributed by atoms with E-state index in [9.17, 15) is 10.1 Å². The number of rotatable bonds is 3. The second-order valence-electron chi connectivity index (χ2n) is 5.51. The van der Waals surface area contributed by atoms with Crippen LogP contribution in [0.1, 0.15) is 37.2 Å². The summed E-state index contributed by atoms with van der Waals surface area (Å²) in [6.45, 7) is 0. The normalized spacial score (nSPS) is 30.9. The van der Waals surface area contributed by atoms with Crippen molar-refractivity contribution in [2.24, 2.45) is 17.8 Å². The quantitative estimate of drug-likeness (QED) is 0.812. The van der Waals surface area contributed by atoms with Gasteiger partial charge in [0.2, 0.25) is 0 Å². The molecule has 2 nitrogen and oxygen atoms in total. The van der Waals surface area contributed by atoms with Gasteiger partial charge in [0.05, 0.1) is 6.07 Å². The Balaban J connectivity index is 1.78. The van der Waals surface area contributed by atoms with E-state index in [0.717, 1.165) is 5.56 Å². The van der Waals surface area contributed by atoms with Crippen molar-refractivity contribution < 1.29 is 4.79 Å². The number of carbonyl (C=O) groups is 1. The van der Waals surface area contributed by atoms with Crippen molar-refractivity contribution in [2.75, 3.05) is 0 Å². The Labute approximate surface area is 108 Å². The highest BCUT2D eigenvalue weighted by Crippen LogP contribution is 2.57. The van der Waals surface area contributed by atoms with Crippen molar-refractivity contribution in [1.29, 1.82) is 5.26 Å². The average molecular weight is 239 g/mol. The molecule has 2 heteroatoms. The SMILES string of the molecule is N#CC(C(=O)C1C2CCCCC21)c1ccccc1. The van der Waals surface area contributed by atoms with Crippen LogP contribution >= 0.6 is 0 Å². The Morgan fingerprint density at radius 1 is 1.17 bits per heavy atom. The molecule has 0 spiro atoms. The Kier molecular flexibility index (Phi) is 2.91. The molecule has 1 aromatic rings. The molecule has 92 valence electrons. The van der Waals surface area contributed by atoms with Crippen LogP contribution < -0.4 is 0 Å². The maximum Gasteiger partial charge on any atom is 0.158 e. The molecular formula is C16H17NO. The van der Waals surface area contributed by atoms with Crippen LogP contribution in [0.15, 0.2) is 30.3 Å². The fourth-order valence-corrected chi connectivity index (χ4v) is 3.55. The van der Waals surface area contributed by atoms with E-state index in [1.807, 2.05) is 30.3 Å². The molecular weight excluding hydrogens is 222 g/mol. The molecule has 18 heavy (non-hydrogen) atoms. The minimum absolute atomic E-state index is 0.167. The van der Waals surface area contributed by atoms with Crippen LogP contribution in [0.5, 0.6) is 0 Å². The topological polar surface area (TPSA) is 40.9 Å². The predicted octanol–water partition coefficient (Wildman–Crippen LogP) is 3.30. The van der Waals surface area contributed by atoms with Crippen LogP contribution in [0.3, 0.4) is 0 Å². The fourth-order valence-electron chi connectivity index (χ4n) is 3.55. The molecule has 0 radical (unpaired) electrons. The van der Waals surface area contributed by atoms with E-state index in [1.165, 1.54) is 25.7 Å². The molecule has 1 aromatic carbocycles. The van der Waals surface area contributed by atoms with E-state index >= 15 is 0 Å². The Bertz CT molecular complexity index is 476. The summed E-state index contributed by atoms with van der Waals surface area (Å²) in [5, 5.41) is 9.29. The van der Waals surface area contributed by atoms with Crippen LogP contribution in [0.4, 0.5) is 0 Å². The second-order valence-corrected chi connectivity index (χ2v) is 5.51. The number of benzene rings is 1. The van der Waals surface area contributed by atoms with E-state index in [4.69, 9.17) is 0 Å². The molecule has 0 saturated heterocycles. The van der Waals surface area contributed by atoms with E-state index < -0.39 is 5.92 Å². The van der Waals surface area contributed by atoms with Gasteiger partial charge in [-0.3, -0.25) is 4.79 Å². The first kappa shape index (κ1) is 11.5. The number of nitriles is 1. The molecule has 2 saturated carbocycles. The molecule has 0 bridgehead atoms. The second kappa shape index (κ2) is 4.57. The van der Waals surface area contributed by atoms with Crippen molar-refractivity contribution in [2.45, 2.75) is 31.6 Å². The third-order valence-electron chi connectivity index (χ3n) is 4.53. The summed E-state index contributed by atoms with van der Waals surface area (Å²) in [6.07, 6.45) is 4.89. The molecule has 0 N–H and O–H groups in total. The molecule has 2 aliphatic rings. The minimum Gasteiger partial charge on any atom is -0.298 e. The molecule has 2 fully saturated rings. The highest BCUT2D eigenvalue weighted by molar-refractivity contribution is 5.93. The standard InChI is InChI=1S/C16H17NO/c17-10-14(11-6-2-1-3-7-11)16(18)15-12-8-4-5-9-13(12)15/h1-3,6-7,12-15H,4-5,8-9H2. The zero-order chi connectivity index (χ0) is 12.5. The highest BCUT2D eigenvalue weighted by atomic mass is 16.1. The van der Waals surface area contributed by atoms with Gasteiger partial charge in [0.15, 0.2) is 5.78 Å². The van der Waals surface area contributed by atoms with Gasteiger partial charge in [-0.15, -0.1) is 0 Å². The summed E-state index contributed by atoms with van der Waals surface area (Å²) in [5.74, 6) is 0.969. The number of nitrogens with zero attached hydrogens (tertiary/aromatic N) is 1. The summed E-state index contributed by atoms with van der Waals surface area (Å²) in [4.78, 5) is 12.5. The zero-order valence-electron chi connectivity index (χ0n) is 10.4. The smallest absolute Gasteiger partial charge is 0.158 e. The minimum atomic E-state index is -0.554. The molecule has 2 aliphatic carbocycles. The van der Waals surface area contributed by atoms with E-state index in [1.54, 1.807) is 0 Å². The van der Waals surface area contributed by atoms with Crippen molar-refractivity contribution in [3.05, 3.63) is 35.9 Å². The van der Waals surface area contributed by atoms with Crippen molar-refractivity contribution in [3.8, 4) is 6.07 Å². The summed E-state index contributed by atoms with van der Waals surface area (Å²) in [6, 6.07) is 11.7. The van der Waals surface area contributed by atoms with Gasteiger partial charge in [0.1, 0.15) is 5.92 Å². The van der Waals surface area contributed by atoms with E-state index in [0.29, 0.717) is 11.8 Å². The van der Waals surface area contributed by atoms with Gasteiger partial charge in [-0.1, -0.05) is 43.2 Å². The van der Waals surface area contributed by atoms with Crippen LogP contribution in [0, 0.1) is 29.1 Å². The van der Waals surface area contributed by atoms with Crippen LogP contribution in [-0.2, 0) is 4.79 Å². The molecule has 3 rings (SSSR count). The number of carbonyl (C=O) groups excluding carboxylic acids is 1.